The minimum atomic E-state index is -0.526. The number of carbonyl (C=O) groups excluding carboxylic acids is 3. The van der Waals surface area contributed by atoms with Crippen molar-refractivity contribution < 1.29 is 19.1 Å². The molecule has 0 N–H and O–H groups in total. The number of ketones is 1. The van der Waals surface area contributed by atoms with Crippen LogP contribution in [-0.2, 0) is 9.53 Å². The normalized spacial score (nSPS) is 14.2. The quantitative estimate of drug-likeness (QED) is 0.476. The van der Waals surface area contributed by atoms with Gasteiger partial charge in [0.15, 0.2) is 0 Å². The summed E-state index contributed by atoms with van der Waals surface area (Å²) in [6.07, 6.45) is 1.89. The summed E-state index contributed by atoms with van der Waals surface area (Å²) in [5, 5.41) is 0. The minimum Gasteiger partial charge on any atom is -0.462 e. The summed E-state index contributed by atoms with van der Waals surface area (Å²) in [6, 6.07) is 5.98. The van der Waals surface area contributed by atoms with E-state index in [0.717, 1.165) is 12.8 Å². The molecule has 106 valence electrons. The molecule has 1 fully saturated rings. The fourth-order valence-corrected chi connectivity index (χ4v) is 2.16. The lowest BCUT2D eigenvalue weighted by Gasteiger charge is -2.13. The highest BCUT2D eigenvalue weighted by Gasteiger charge is 2.25. The Bertz CT molecular complexity index is 515. The number of amides is 1. The van der Waals surface area contributed by atoms with E-state index in [4.69, 9.17) is 4.74 Å². The van der Waals surface area contributed by atoms with Crippen molar-refractivity contribution in [2.24, 2.45) is 0 Å². The van der Waals surface area contributed by atoms with Crippen molar-refractivity contribution >= 4 is 17.7 Å². The van der Waals surface area contributed by atoms with E-state index in [1.54, 1.807) is 11.8 Å². The van der Waals surface area contributed by atoms with Gasteiger partial charge in [-0.05, 0) is 44.0 Å². The molecule has 0 spiro atoms. The third-order valence-electron chi connectivity index (χ3n) is 3.25. The third-order valence-corrected chi connectivity index (χ3v) is 3.25. The maximum Gasteiger partial charge on any atom is 0.338 e. The highest BCUT2D eigenvalue weighted by Crippen LogP contribution is 2.12. The van der Waals surface area contributed by atoms with Crippen LogP contribution in [-0.4, -0.2) is 42.3 Å². The van der Waals surface area contributed by atoms with Gasteiger partial charge in [-0.3, -0.25) is 9.59 Å². The number of rotatable bonds is 4. The van der Waals surface area contributed by atoms with E-state index >= 15 is 0 Å². The van der Waals surface area contributed by atoms with Gasteiger partial charge in [0.05, 0.1) is 12.2 Å². The highest BCUT2D eigenvalue weighted by atomic mass is 16.5. The number of esters is 1. The average Bonchev–Trinajstić information content (AvgIpc) is 3.00. The second-order valence-corrected chi connectivity index (χ2v) is 4.63. The van der Waals surface area contributed by atoms with Gasteiger partial charge >= 0.3 is 5.97 Å². The van der Waals surface area contributed by atoms with Crippen molar-refractivity contribution in [3.63, 3.8) is 0 Å². The fraction of sp³-hybridized carbons (Fsp3) is 0.400. The van der Waals surface area contributed by atoms with Crippen molar-refractivity contribution in [1.29, 1.82) is 0 Å². The molecule has 1 saturated heterocycles. The van der Waals surface area contributed by atoms with Gasteiger partial charge in [0.25, 0.3) is 5.91 Å². The lowest BCUT2D eigenvalue weighted by molar-refractivity contribution is -0.125. The second-order valence-electron chi connectivity index (χ2n) is 4.63. The number of benzene rings is 1. The topological polar surface area (TPSA) is 63.7 Å². The molecule has 1 amide bonds. The maximum absolute atomic E-state index is 12.0. The molecule has 0 saturated carbocycles. The first-order valence-corrected chi connectivity index (χ1v) is 6.74. The number of Topliss-reactive ketones (excluding diaryl/α,β-unsaturated/α-hetero) is 1. The number of carbonyl (C=O) groups is 3. The van der Waals surface area contributed by atoms with Crippen LogP contribution in [0.15, 0.2) is 24.3 Å². The van der Waals surface area contributed by atoms with E-state index < -0.39 is 17.7 Å². The summed E-state index contributed by atoms with van der Waals surface area (Å²) >= 11 is 0. The molecule has 0 radical (unpaired) electrons. The maximum atomic E-state index is 12.0. The Morgan fingerprint density at radius 1 is 1.05 bits per heavy atom. The monoisotopic (exact) mass is 275 g/mol. The Morgan fingerprint density at radius 3 is 2.15 bits per heavy atom. The first kappa shape index (κ1) is 14.2. The average molecular weight is 275 g/mol. The van der Waals surface area contributed by atoms with Crippen LogP contribution in [0.5, 0.6) is 0 Å². The largest absolute Gasteiger partial charge is 0.462 e. The van der Waals surface area contributed by atoms with E-state index in [0.29, 0.717) is 30.8 Å². The number of likely N-dealkylation sites (tertiary alicyclic amines) is 1. The number of hydrogen-bond donors (Lipinski definition) is 0. The lowest BCUT2D eigenvalue weighted by atomic mass is 10.1. The molecular formula is C15H17NO4. The van der Waals surface area contributed by atoms with Crippen LogP contribution >= 0.6 is 0 Å². The van der Waals surface area contributed by atoms with Gasteiger partial charge in [0.2, 0.25) is 5.78 Å². The molecule has 20 heavy (non-hydrogen) atoms. The van der Waals surface area contributed by atoms with Crippen LogP contribution in [0.2, 0.25) is 0 Å². The Labute approximate surface area is 117 Å². The summed E-state index contributed by atoms with van der Waals surface area (Å²) in [7, 11) is 0. The van der Waals surface area contributed by atoms with E-state index in [9.17, 15) is 14.4 Å². The second kappa shape index (κ2) is 6.32. The molecule has 0 atom stereocenters. The zero-order chi connectivity index (χ0) is 14.5. The fourth-order valence-electron chi connectivity index (χ4n) is 2.16. The van der Waals surface area contributed by atoms with Crippen LogP contribution in [0.1, 0.15) is 40.5 Å². The lowest BCUT2D eigenvalue weighted by Crippen LogP contribution is -2.34. The Kier molecular flexibility index (Phi) is 4.50. The standard InChI is InChI=1S/C15H17NO4/c1-2-20-15(19)12-7-5-11(6-8-12)13(17)14(18)16-9-3-4-10-16/h5-8H,2-4,9-10H2,1H3. The molecule has 1 aromatic rings. The Morgan fingerprint density at radius 2 is 1.60 bits per heavy atom. The minimum absolute atomic E-state index is 0.299. The summed E-state index contributed by atoms with van der Waals surface area (Å²) in [4.78, 5) is 37.0. The third kappa shape index (κ3) is 3.04. The summed E-state index contributed by atoms with van der Waals surface area (Å²) < 4.78 is 4.86. The summed E-state index contributed by atoms with van der Waals surface area (Å²) in [6.45, 7) is 3.31. The van der Waals surface area contributed by atoms with Crippen LogP contribution in [0.25, 0.3) is 0 Å². The Balaban J connectivity index is 2.07. The molecule has 5 heteroatoms. The highest BCUT2D eigenvalue weighted by molar-refractivity contribution is 6.42. The SMILES string of the molecule is CCOC(=O)c1ccc(C(=O)C(=O)N2CCCC2)cc1. The van der Waals surface area contributed by atoms with Gasteiger partial charge in [-0.15, -0.1) is 0 Å². The van der Waals surface area contributed by atoms with Gasteiger partial charge in [-0.1, -0.05) is 0 Å². The van der Waals surface area contributed by atoms with Gasteiger partial charge in [0, 0.05) is 18.7 Å². The van der Waals surface area contributed by atoms with Crippen LogP contribution < -0.4 is 0 Å². The number of ether oxygens (including phenoxy) is 1. The first-order valence-electron chi connectivity index (χ1n) is 6.74. The van der Waals surface area contributed by atoms with Crippen molar-refractivity contribution in [3.05, 3.63) is 35.4 Å². The van der Waals surface area contributed by atoms with Gasteiger partial charge < -0.3 is 9.64 Å². The predicted molar refractivity (Wildman–Crippen MR) is 72.5 cm³/mol. The zero-order valence-corrected chi connectivity index (χ0v) is 11.4. The zero-order valence-electron chi connectivity index (χ0n) is 11.4. The molecule has 0 aromatic heterocycles. The first-order chi connectivity index (χ1) is 9.63. The van der Waals surface area contributed by atoms with Gasteiger partial charge in [-0.25, -0.2) is 4.79 Å². The molecule has 5 nitrogen and oxygen atoms in total. The van der Waals surface area contributed by atoms with Crippen LogP contribution in [0.4, 0.5) is 0 Å². The van der Waals surface area contributed by atoms with Crippen molar-refractivity contribution in [3.8, 4) is 0 Å². The number of nitrogens with zero attached hydrogens (tertiary/aromatic N) is 1. The molecule has 0 bridgehead atoms. The molecule has 0 aliphatic carbocycles. The van der Waals surface area contributed by atoms with Crippen molar-refractivity contribution in [2.75, 3.05) is 19.7 Å². The summed E-state index contributed by atoms with van der Waals surface area (Å²) in [5.41, 5.74) is 0.673. The van der Waals surface area contributed by atoms with Gasteiger partial charge in [0.1, 0.15) is 0 Å². The van der Waals surface area contributed by atoms with E-state index in [-0.39, 0.29) is 0 Å². The number of hydrogen-bond acceptors (Lipinski definition) is 4. The van der Waals surface area contributed by atoms with E-state index in [1.807, 2.05) is 0 Å². The predicted octanol–water partition coefficient (Wildman–Crippen LogP) is 1.67. The van der Waals surface area contributed by atoms with Crippen LogP contribution in [0.3, 0.4) is 0 Å². The van der Waals surface area contributed by atoms with Gasteiger partial charge in [-0.2, -0.15) is 0 Å². The van der Waals surface area contributed by atoms with E-state index in [1.165, 1.54) is 24.3 Å². The van der Waals surface area contributed by atoms with Crippen molar-refractivity contribution in [1.82, 2.24) is 4.90 Å². The van der Waals surface area contributed by atoms with E-state index in [2.05, 4.69) is 0 Å². The van der Waals surface area contributed by atoms with Crippen molar-refractivity contribution in [2.45, 2.75) is 19.8 Å². The molecule has 1 heterocycles. The molecule has 1 aliphatic rings. The molecule has 2 rings (SSSR count). The molecule has 1 aromatic carbocycles. The Hall–Kier alpha value is -2.17. The summed E-state index contributed by atoms with van der Waals surface area (Å²) in [5.74, 6) is -1.42. The smallest absolute Gasteiger partial charge is 0.338 e. The molecule has 0 unspecified atom stereocenters. The molecule has 1 aliphatic heterocycles. The van der Waals surface area contributed by atoms with Crippen LogP contribution in [0, 0.1) is 0 Å². The molecular weight excluding hydrogens is 258 g/mol.